The summed E-state index contributed by atoms with van der Waals surface area (Å²) in [6.45, 7) is 1.88. The van der Waals surface area contributed by atoms with Gasteiger partial charge in [0, 0.05) is 22.2 Å². The zero-order valence-electron chi connectivity index (χ0n) is 11.6. The fourth-order valence-corrected chi connectivity index (χ4v) is 3.50. The van der Waals surface area contributed by atoms with Crippen LogP contribution in [0.2, 0.25) is 0 Å². The molecule has 0 unspecified atom stereocenters. The van der Waals surface area contributed by atoms with Gasteiger partial charge in [0.2, 0.25) is 5.91 Å². The lowest BCUT2D eigenvalue weighted by Crippen LogP contribution is -2.25. The molecule has 1 amide bonds. The van der Waals surface area contributed by atoms with Crippen LogP contribution in [-0.4, -0.2) is 16.6 Å². The molecule has 5 heteroatoms. The van der Waals surface area contributed by atoms with E-state index < -0.39 is 0 Å². The van der Waals surface area contributed by atoms with Gasteiger partial charge in [-0.05, 0) is 29.1 Å². The van der Waals surface area contributed by atoms with Crippen LogP contribution in [0.5, 0.6) is 0 Å². The van der Waals surface area contributed by atoms with E-state index in [1.165, 1.54) is 4.88 Å². The van der Waals surface area contributed by atoms with E-state index in [9.17, 15) is 4.79 Å². The molecule has 0 saturated carbocycles. The molecule has 2 heterocycles. The molecular formula is C16H15BrN2OS. The molecule has 0 saturated heterocycles. The molecule has 0 fully saturated rings. The van der Waals surface area contributed by atoms with Crippen molar-refractivity contribution < 1.29 is 4.79 Å². The Kier molecular flexibility index (Phi) is 4.22. The summed E-state index contributed by atoms with van der Waals surface area (Å²) in [4.78, 5) is 13.4. The normalized spacial score (nSPS) is 17.9. The smallest absolute Gasteiger partial charge is 0.243 e. The zero-order chi connectivity index (χ0) is 14.8. The number of hydrogen-bond acceptors (Lipinski definition) is 3. The highest BCUT2D eigenvalue weighted by atomic mass is 79.9. The Hall–Kier alpha value is -1.46. The summed E-state index contributed by atoms with van der Waals surface area (Å²) in [7, 11) is 0. The fraction of sp³-hybridized carbons (Fsp3) is 0.250. The second-order valence-corrected chi connectivity index (χ2v) is 6.78. The van der Waals surface area contributed by atoms with E-state index in [1.807, 2.05) is 42.6 Å². The lowest BCUT2D eigenvalue weighted by molar-refractivity contribution is -0.132. The Bertz CT molecular complexity index is 664. The second-order valence-electron chi connectivity index (χ2n) is 4.88. The molecule has 21 heavy (non-hydrogen) atoms. The number of benzene rings is 1. The molecule has 0 spiro atoms. The van der Waals surface area contributed by atoms with Gasteiger partial charge >= 0.3 is 0 Å². The van der Waals surface area contributed by atoms with Crippen LogP contribution in [0, 0.1) is 0 Å². The largest absolute Gasteiger partial charge is 0.273 e. The Morgan fingerprint density at radius 3 is 2.76 bits per heavy atom. The van der Waals surface area contributed by atoms with Crippen LogP contribution >= 0.6 is 27.3 Å². The number of nitrogens with zero attached hydrogens (tertiary/aromatic N) is 2. The van der Waals surface area contributed by atoms with Crippen LogP contribution in [0.15, 0.2) is 51.4 Å². The van der Waals surface area contributed by atoms with Crippen molar-refractivity contribution in [2.75, 3.05) is 0 Å². The summed E-state index contributed by atoms with van der Waals surface area (Å²) >= 11 is 5.12. The van der Waals surface area contributed by atoms with Crippen LogP contribution in [0.3, 0.4) is 0 Å². The number of hydrogen-bond donors (Lipinski definition) is 0. The average Bonchev–Trinajstić information content (AvgIpc) is 3.16. The van der Waals surface area contributed by atoms with Gasteiger partial charge in [0.25, 0.3) is 0 Å². The van der Waals surface area contributed by atoms with Gasteiger partial charge < -0.3 is 0 Å². The van der Waals surface area contributed by atoms with E-state index in [4.69, 9.17) is 0 Å². The van der Waals surface area contributed by atoms with Crippen molar-refractivity contribution >= 4 is 38.9 Å². The Morgan fingerprint density at radius 2 is 2.14 bits per heavy atom. The highest BCUT2D eigenvalue weighted by molar-refractivity contribution is 9.10. The lowest BCUT2D eigenvalue weighted by Gasteiger charge is -2.19. The van der Waals surface area contributed by atoms with Crippen LogP contribution in [0.4, 0.5) is 0 Å². The van der Waals surface area contributed by atoms with Crippen molar-refractivity contribution in [2.24, 2.45) is 5.10 Å². The molecule has 3 nitrogen and oxygen atoms in total. The Balaban J connectivity index is 1.93. The predicted octanol–water partition coefficient (Wildman–Crippen LogP) is 4.60. The first kappa shape index (κ1) is 14.5. The molecule has 0 bridgehead atoms. The van der Waals surface area contributed by atoms with E-state index in [-0.39, 0.29) is 11.9 Å². The van der Waals surface area contributed by atoms with Gasteiger partial charge in [-0.2, -0.15) is 5.10 Å². The predicted molar refractivity (Wildman–Crippen MR) is 89.5 cm³/mol. The Morgan fingerprint density at radius 1 is 1.38 bits per heavy atom. The number of halogens is 1. The third-order valence-electron chi connectivity index (χ3n) is 3.52. The molecule has 1 aliphatic rings. The number of amides is 1. The average molecular weight is 363 g/mol. The van der Waals surface area contributed by atoms with Crippen LogP contribution in [0.1, 0.15) is 36.2 Å². The third-order valence-corrected chi connectivity index (χ3v) is 5.02. The topological polar surface area (TPSA) is 32.7 Å². The lowest BCUT2D eigenvalue weighted by atomic mass is 10.0. The maximum Gasteiger partial charge on any atom is 0.243 e. The van der Waals surface area contributed by atoms with Gasteiger partial charge in [0.05, 0.1) is 11.8 Å². The first-order valence-corrected chi connectivity index (χ1v) is 8.55. The van der Waals surface area contributed by atoms with Crippen molar-refractivity contribution in [3.05, 3.63) is 56.7 Å². The van der Waals surface area contributed by atoms with E-state index in [2.05, 4.69) is 27.1 Å². The van der Waals surface area contributed by atoms with Gasteiger partial charge in [-0.3, -0.25) is 4.79 Å². The minimum atomic E-state index is 0.0381. The summed E-state index contributed by atoms with van der Waals surface area (Å²) in [6.07, 6.45) is 1.24. The van der Waals surface area contributed by atoms with E-state index in [0.29, 0.717) is 6.42 Å². The SMILES string of the molecule is CCC(=O)N1N=C(c2ccc(Br)cc2)C[C@H]1c1cccs1. The summed E-state index contributed by atoms with van der Waals surface area (Å²) in [5, 5.41) is 8.29. The van der Waals surface area contributed by atoms with Crippen LogP contribution in [0.25, 0.3) is 0 Å². The van der Waals surface area contributed by atoms with Crippen molar-refractivity contribution in [3.63, 3.8) is 0 Å². The number of thiophene rings is 1. The van der Waals surface area contributed by atoms with Gasteiger partial charge in [-0.15, -0.1) is 11.3 Å². The van der Waals surface area contributed by atoms with Crippen molar-refractivity contribution in [1.29, 1.82) is 0 Å². The summed E-state index contributed by atoms with van der Waals surface area (Å²) < 4.78 is 1.04. The molecule has 1 aromatic carbocycles. The monoisotopic (exact) mass is 362 g/mol. The molecule has 1 atom stereocenters. The highest BCUT2D eigenvalue weighted by Crippen LogP contribution is 2.35. The van der Waals surface area contributed by atoms with E-state index in [1.54, 1.807) is 16.3 Å². The second kappa shape index (κ2) is 6.12. The van der Waals surface area contributed by atoms with Crippen molar-refractivity contribution in [2.45, 2.75) is 25.8 Å². The van der Waals surface area contributed by atoms with Gasteiger partial charge in [-0.25, -0.2) is 5.01 Å². The third kappa shape index (κ3) is 2.94. The minimum Gasteiger partial charge on any atom is -0.273 e. The molecule has 108 valence electrons. The fourth-order valence-electron chi connectivity index (χ4n) is 2.42. The summed E-state index contributed by atoms with van der Waals surface area (Å²) in [6, 6.07) is 12.2. The number of carbonyl (C=O) groups excluding carboxylic acids is 1. The zero-order valence-corrected chi connectivity index (χ0v) is 14.0. The minimum absolute atomic E-state index is 0.0381. The standard InChI is InChI=1S/C16H15BrN2OS/c1-2-16(20)19-14(15-4-3-9-21-15)10-13(18-19)11-5-7-12(17)8-6-11/h3-9,14H,2,10H2,1H3/t14-/m0/s1. The molecule has 3 rings (SSSR count). The maximum atomic E-state index is 12.2. The van der Waals surface area contributed by atoms with E-state index in [0.717, 1.165) is 22.2 Å². The highest BCUT2D eigenvalue weighted by Gasteiger charge is 2.32. The first-order chi connectivity index (χ1) is 10.2. The van der Waals surface area contributed by atoms with E-state index >= 15 is 0 Å². The number of hydrazone groups is 1. The molecule has 1 aliphatic heterocycles. The molecule has 2 aromatic rings. The molecule has 0 radical (unpaired) electrons. The molecular weight excluding hydrogens is 348 g/mol. The summed E-state index contributed by atoms with van der Waals surface area (Å²) in [5.41, 5.74) is 2.05. The molecule has 1 aromatic heterocycles. The quantitative estimate of drug-likeness (QED) is 0.785. The molecule has 0 aliphatic carbocycles. The summed E-state index contributed by atoms with van der Waals surface area (Å²) in [5.74, 6) is 0.0699. The van der Waals surface area contributed by atoms with Gasteiger partial charge in [0.1, 0.15) is 0 Å². The Labute approximate surface area is 136 Å². The maximum absolute atomic E-state index is 12.2. The van der Waals surface area contributed by atoms with Crippen molar-refractivity contribution in [1.82, 2.24) is 5.01 Å². The molecule has 0 N–H and O–H groups in total. The first-order valence-electron chi connectivity index (χ1n) is 6.88. The van der Waals surface area contributed by atoms with Crippen LogP contribution < -0.4 is 0 Å². The van der Waals surface area contributed by atoms with Crippen LogP contribution in [-0.2, 0) is 4.79 Å². The van der Waals surface area contributed by atoms with Gasteiger partial charge in [0.15, 0.2) is 0 Å². The van der Waals surface area contributed by atoms with Crippen molar-refractivity contribution in [3.8, 4) is 0 Å². The van der Waals surface area contributed by atoms with Gasteiger partial charge in [-0.1, -0.05) is 41.1 Å². The number of rotatable bonds is 3. The number of carbonyl (C=O) groups is 1.